The van der Waals surface area contributed by atoms with Crippen LogP contribution in [0, 0.1) is 13.8 Å². The largest absolute Gasteiger partial charge is 0.466 e. The number of nitrogens with zero attached hydrogens (tertiary/aromatic N) is 1. The first kappa shape index (κ1) is 18.9. The second kappa shape index (κ2) is 7.80. The predicted molar refractivity (Wildman–Crippen MR) is 106 cm³/mol. The number of benzene rings is 1. The van der Waals surface area contributed by atoms with Crippen LogP contribution in [0.3, 0.4) is 0 Å². The molecule has 3 rings (SSSR count). The highest BCUT2D eigenvalue weighted by Gasteiger charge is 2.36. The van der Waals surface area contributed by atoms with Crippen molar-refractivity contribution in [2.45, 2.75) is 19.8 Å². The smallest absolute Gasteiger partial charge is 0.336 e. The summed E-state index contributed by atoms with van der Waals surface area (Å²) in [4.78, 5) is 28.9. The van der Waals surface area contributed by atoms with Crippen LogP contribution in [-0.2, 0) is 19.1 Å². The van der Waals surface area contributed by atoms with Crippen LogP contribution in [0.1, 0.15) is 21.2 Å². The van der Waals surface area contributed by atoms with E-state index in [2.05, 4.69) is 0 Å². The van der Waals surface area contributed by atoms with Crippen molar-refractivity contribution in [3.8, 4) is 0 Å². The molecule has 5 nitrogen and oxygen atoms in total. The summed E-state index contributed by atoms with van der Waals surface area (Å²) in [5, 5.41) is 0. The molecule has 6 heteroatoms. The Bertz CT molecular complexity index is 890. The van der Waals surface area contributed by atoms with E-state index >= 15 is 0 Å². The third-order valence-electron chi connectivity index (χ3n) is 4.40. The van der Waals surface area contributed by atoms with Crippen LogP contribution in [0.4, 0.5) is 5.69 Å². The van der Waals surface area contributed by atoms with Gasteiger partial charge in [-0.1, -0.05) is 17.7 Å². The van der Waals surface area contributed by atoms with Gasteiger partial charge in [0.05, 0.1) is 31.3 Å². The highest BCUT2D eigenvalue weighted by Crippen LogP contribution is 2.41. The van der Waals surface area contributed by atoms with Gasteiger partial charge < -0.3 is 14.4 Å². The molecule has 0 N–H and O–H groups in total. The minimum Gasteiger partial charge on any atom is -0.466 e. The highest BCUT2D eigenvalue weighted by atomic mass is 32.1. The molecule has 1 aromatic carbocycles. The molecule has 1 aliphatic heterocycles. The Morgan fingerprint density at radius 3 is 1.89 bits per heavy atom. The highest BCUT2D eigenvalue weighted by molar-refractivity contribution is 7.12. The lowest BCUT2D eigenvalue weighted by Gasteiger charge is -2.29. The number of thiophene rings is 1. The van der Waals surface area contributed by atoms with E-state index in [1.54, 1.807) is 28.6 Å². The standard InChI is InChI=1S/C21H21NO4S/c1-13-5-8-15(9-6-13)22-11-16(20(23)25-3)19(17(12-22)21(24)26-4)18-10-7-14(2)27-18/h5-12,19H,1-4H3. The van der Waals surface area contributed by atoms with E-state index in [1.165, 1.54) is 14.2 Å². The molecule has 0 amide bonds. The van der Waals surface area contributed by atoms with E-state index in [4.69, 9.17) is 9.47 Å². The van der Waals surface area contributed by atoms with Crippen LogP contribution in [0.2, 0.25) is 0 Å². The van der Waals surface area contributed by atoms with Crippen LogP contribution in [0.5, 0.6) is 0 Å². The van der Waals surface area contributed by atoms with Gasteiger partial charge in [0.15, 0.2) is 0 Å². The van der Waals surface area contributed by atoms with Gasteiger partial charge in [0, 0.05) is 27.8 Å². The molecular weight excluding hydrogens is 362 g/mol. The molecule has 27 heavy (non-hydrogen) atoms. The van der Waals surface area contributed by atoms with Crippen LogP contribution in [-0.4, -0.2) is 26.2 Å². The lowest BCUT2D eigenvalue weighted by molar-refractivity contribution is -0.137. The van der Waals surface area contributed by atoms with E-state index < -0.39 is 17.9 Å². The van der Waals surface area contributed by atoms with Crippen molar-refractivity contribution in [1.82, 2.24) is 0 Å². The molecule has 1 aromatic heterocycles. The number of carbonyl (C=O) groups is 2. The van der Waals surface area contributed by atoms with Gasteiger partial charge >= 0.3 is 11.9 Å². The summed E-state index contributed by atoms with van der Waals surface area (Å²) in [5.41, 5.74) is 2.74. The quantitative estimate of drug-likeness (QED) is 0.745. The fraction of sp³-hybridized carbons (Fsp3) is 0.238. The zero-order valence-corrected chi connectivity index (χ0v) is 16.5. The minimum absolute atomic E-state index is 0.392. The maximum atomic E-state index is 12.6. The van der Waals surface area contributed by atoms with Crippen LogP contribution < -0.4 is 4.90 Å². The van der Waals surface area contributed by atoms with E-state index in [0.29, 0.717) is 11.1 Å². The number of carbonyl (C=O) groups excluding carboxylic acids is 2. The molecule has 0 atom stereocenters. The number of aryl methyl sites for hydroxylation is 2. The lowest BCUT2D eigenvalue weighted by atomic mass is 9.87. The van der Waals surface area contributed by atoms with E-state index in [-0.39, 0.29) is 0 Å². The first-order valence-corrected chi connectivity index (χ1v) is 9.27. The van der Waals surface area contributed by atoms with Crippen molar-refractivity contribution in [1.29, 1.82) is 0 Å². The number of esters is 2. The number of anilines is 1. The summed E-state index contributed by atoms with van der Waals surface area (Å²) in [7, 11) is 2.68. The first-order valence-electron chi connectivity index (χ1n) is 8.46. The maximum absolute atomic E-state index is 12.6. The number of hydrogen-bond donors (Lipinski definition) is 0. The van der Waals surface area contributed by atoms with Crippen molar-refractivity contribution in [2.75, 3.05) is 19.1 Å². The lowest BCUT2D eigenvalue weighted by Crippen LogP contribution is -2.28. The van der Waals surface area contributed by atoms with Crippen molar-refractivity contribution >= 4 is 29.0 Å². The molecule has 0 radical (unpaired) electrons. The van der Waals surface area contributed by atoms with Crippen LogP contribution in [0.15, 0.2) is 59.9 Å². The molecule has 0 saturated carbocycles. The minimum atomic E-state index is -0.523. The van der Waals surface area contributed by atoms with Gasteiger partial charge in [-0.2, -0.15) is 0 Å². The summed E-state index contributed by atoms with van der Waals surface area (Å²) in [6.07, 6.45) is 3.45. The fourth-order valence-corrected chi connectivity index (χ4v) is 4.03. The Balaban J connectivity index is 2.15. The van der Waals surface area contributed by atoms with Gasteiger partial charge in [-0.3, -0.25) is 0 Å². The van der Waals surface area contributed by atoms with E-state index in [1.807, 2.05) is 50.2 Å². The monoisotopic (exact) mass is 383 g/mol. The molecule has 0 unspecified atom stereocenters. The van der Waals surface area contributed by atoms with Crippen LogP contribution in [0.25, 0.3) is 0 Å². The summed E-state index contributed by atoms with van der Waals surface area (Å²) in [6, 6.07) is 11.7. The molecule has 0 bridgehead atoms. The molecular formula is C21H21NO4S. The molecule has 0 saturated heterocycles. The van der Waals surface area contributed by atoms with Crippen molar-refractivity contribution < 1.29 is 19.1 Å². The number of ether oxygens (including phenoxy) is 2. The summed E-state index contributed by atoms with van der Waals surface area (Å²) < 4.78 is 10.0. The summed E-state index contributed by atoms with van der Waals surface area (Å²) in [6.45, 7) is 3.99. The zero-order chi connectivity index (χ0) is 19.6. The average molecular weight is 383 g/mol. The Morgan fingerprint density at radius 2 is 1.44 bits per heavy atom. The molecule has 140 valence electrons. The second-order valence-electron chi connectivity index (χ2n) is 6.28. The molecule has 0 spiro atoms. The van der Waals surface area contributed by atoms with Crippen molar-refractivity contribution in [2.24, 2.45) is 0 Å². The van der Waals surface area contributed by atoms with Crippen LogP contribution >= 0.6 is 11.3 Å². The Morgan fingerprint density at radius 1 is 0.889 bits per heavy atom. The average Bonchev–Trinajstić information content (AvgIpc) is 3.12. The number of methoxy groups -OCH3 is 2. The summed E-state index contributed by atoms with van der Waals surface area (Å²) in [5.74, 6) is -1.47. The van der Waals surface area contributed by atoms with Gasteiger partial charge in [-0.25, -0.2) is 9.59 Å². The Hall–Kier alpha value is -2.86. The molecule has 2 aromatic rings. The molecule has 1 aliphatic rings. The van der Waals surface area contributed by atoms with E-state index in [0.717, 1.165) is 21.0 Å². The van der Waals surface area contributed by atoms with Gasteiger partial charge in [0.2, 0.25) is 0 Å². The normalized spacial score (nSPS) is 14.4. The third-order valence-corrected chi connectivity index (χ3v) is 5.46. The van der Waals surface area contributed by atoms with Gasteiger partial charge in [0.25, 0.3) is 0 Å². The SMILES string of the molecule is COC(=O)C1=CN(c2ccc(C)cc2)C=C(C(=O)OC)C1c1ccc(C)s1. The summed E-state index contributed by atoms with van der Waals surface area (Å²) >= 11 is 1.54. The second-order valence-corrected chi connectivity index (χ2v) is 7.60. The third kappa shape index (κ3) is 3.80. The topological polar surface area (TPSA) is 55.8 Å². The van der Waals surface area contributed by atoms with Gasteiger partial charge in [-0.15, -0.1) is 11.3 Å². The molecule has 0 fully saturated rings. The zero-order valence-electron chi connectivity index (χ0n) is 15.7. The number of rotatable bonds is 4. The van der Waals surface area contributed by atoms with Gasteiger partial charge in [-0.05, 0) is 38.1 Å². The fourth-order valence-electron chi connectivity index (χ4n) is 3.01. The number of hydrogen-bond acceptors (Lipinski definition) is 6. The predicted octanol–water partition coefficient (Wildman–Crippen LogP) is 4.08. The first-order chi connectivity index (χ1) is 12.9. The Labute approximate surface area is 162 Å². The molecule has 2 heterocycles. The van der Waals surface area contributed by atoms with Crippen molar-refractivity contribution in [3.05, 3.63) is 75.3 Å². The van der Waals surface area contributed by atoms with E-state index in [9.17, 15) is 9.59 Å². The van der Waals surface area contributed by atoms with Gasteiger partial charge in [0.1, 0.15) is 0 Å². The molecule has 0 aliphatic carbocycles. The maximum Gasteiger partial charge on any atom is 0.336 e. The Kier molecular flexibility index (Phi) is 5.46. The van der Waals surface area contributed by atoms with Crippen molar-refractivity contribution in [3.63, 3.8) is 0 Å².